The molecule has 2 heterocycles. The molecule has 0 radical (unpaired) electrons. The van der Waals surface area contributed by atoms with Crippen molar-refractivity contribution in [1.29, 1.82) is 0 Å². The molecule has 12 heavy (non-hydrogen) atoms. The summed E-state index contributed by atoms with van der Waals surface area (Å²) in [6.07, 6.45) is 3.69. The highest BCUT2D eigenvalue weighted by Crippen LogP contribution is 2.24. The molecule has 0 aliphatic heterocycles. The second kappa shape index (κ2) is 2.71. The number of aryl methyl sites for hydroxylation is 1. The minimum absolute atomic E-state index is 1.18. The molecule has 0 fully saturated rings. The zero-order chi connectivity index (χ0) is 8.55. The molecule has 0 saturated carbocycles. The SMILES string of the molecule is Cc1c(-c2ccns2)cnn1C. The zero-order valence-electron chi connectivity index (χ0n) is 6.98. The van der Waals surface area contributed by atoms with Crippen LogP contribution in [-0.2, 0) is 7.05 Å². The van der Waals surface area contributed by atoms with Gasteiger partial charge in [0.15, 0.2) is 0 Å². The summed E-state index contributed by atoms with van der Waals surface area (Å²) >= 11 is 1.50. The van der Waals surface area contributed by atoms with E-state index >= 15 is 0 Å². The van der Waals surface area contributed by atoms with Crippen LogP contribution in [0.25, 0.3) is 10.4 Å². The first kappa shape index (κ1) is 7.49. The van der Waals surface area contributed by atoms with Crippen molar-refractivity contribution in [2.24, 2.45) is 7.05 Å². The predicted octanol–water partition coefficient (Wildman–Crippen LogP) is 1.85. The average Bonchev–Trinajstić information content (AvgIpc) is 2.64. The van der Waals surface area contributed by atoms with Gasteiger partial charge in [-0.15, -0.1) is 0 Å². The van der Waals surface area contributed by atoms with Gasteiger partial charge in [-0.05, 0) is 24.5 Å². The summed E-state index contributed by atoms with van der Waals surface area (Å²) in [7, 11) is 1.94. The van der Waals surface area contributed by atoms with Crippen molar-refractivity contribution in [3.05, 3.63) is 24.2 Å². The fourth-order valence-corrected chi connectivity index (χ4v) is 1.75. The van der Waals surface area contributed by atoms with Gasteiger partial charge in [-0.25, -0.2) is 4.37 Å². The molecule has 2 aromatic heterocycles. The van der Waals surface area contributed by atoms with Gasteiger partial charge in [-0.2, -0.15) is 5.10 Å². The second-order valence-electron chi connectivity index (χ2n) is 2.64. The molecule has 0 saturated heterocycles. The van der Waals surface area contributed by atoms with E-state index in [0.717, 1.165) is 0 Å². The Morgan fingerprint density at radius 2 is 2.33 bits per heavy atom. The van der Waals surface area contributed by atoms with Crippen molar-refractivity contribution >= 4 is 11.5 Å². The lowest BCUT2D eigenvalue weighted by molar-refractivity contribution is 0.740. The molecule has 2 rings (SSSR count). The largest absolute Gasteiger partial charge is 0.272 e. The van der Waals surface area contributed by atoms with Gasteiger partial charge in [-0.3, -0.25) is 4.68 Å². The maximum Gasteiger partial charge on any atom is 0.0584 e. The third kappa shape index (κ3) is 1.04. The van der Waals surface area contributed by atoms with E-state index in [1.165, 1.54) is 27.7 Å². The van der Waals surface area contributed by atoms with Crippen LogP contribution in [0.2, 0.25) is 0 Å². The molecule has 0 bridgehead atoms. The normalized spacial score (nSPS) is 10.5. The monoisotopic (exact) mass is 179 g/mol. The van der Waals surface area contributed by atoms with Gasteiger partial charge in [0.25, 0.3) is 0 Å². The van der Waals surface area contributed by atoms with E-state index in [0.29, 0.717) is 0 Å². The summed E-state index contributed by atoms with van der Waals surface area (Å²) < 4.78 is 5.92. The molecule has 0 atom stereocenters. The summed E-state index contributed by atoms with van der Waals surface area (Å²) in [6.45, 7) is 2.06. The number of nitrogens with zero attached hydrogens (tertiary/aromatic N) is 3. The Balaban J connectivity index is 2.55. The first-order valence-electron chi connectivity index (χ1n) is 3.68. The summed E-state index contributed by atoms with van der Waals surface area (Å²) in [5.74, 6) is 0. The molecular formula is C8H9N3S. The predicted molar refractivity (Wildman–Crippen MR) is 49.1 cm³/mol. The molecule has 62 valence electrons. The van der Waals surface area contributed by atoms with Crippen LogP contribution in [-0.4, -0.2) is 14.2 Å². The Morgan fingerprint density at radius 1 is 1.50 bits per heavy atom. The van der Waals surface area contributed by atoms with E-state index in [2.05, 4.69) is 16.4 Å². The Kier molecular flexibility index (Phi) is 1.69. The summed E-state index contributed by atoms with van der Waals surface area (Å²) in [5.41, 5.74) is 2.36. The minimum Gasteiger partial charge on any atom is -0.272 e. The third-order valence-corrected chi connectivity index (χ3v) is 2.72. The number of hydrogen-bond acceptors (Lipinski definition) is 3. The van der Waals surface area contributed by atoms with Crippen LogP contribution in [0.4, 0.5) is 0 Å². The van der Waals surface area contributed by atoms with Crippen molar-refractivity contribution in [1.82, 2.24) is 14.2 Å². The van der Waals surface area contributed by atoms with Crippen LogP contribution in [0.1, 0.15) is 5.69 Å². The number of hydrogen-bond donors (Lipinski definition) is 0. The molecule has 0 N–H and O–H groups in total. The van der Waals surface area contributed by atoms with Gasteiger partial charge >= 0.3 is 0 Å². The van der Waals surface area contributed by atoms with Gasteiger partial charge in [0, 0.05) is 24.5 Å². The molecule has 2 aromatic rings. The van der Waals surface area contributed by atoms with Crippen LogP contribution in [0, 0.1) is 6.92 Å². The van der Waals surface area contributed by atoms with Crippen molar-refractivity contribution in [2.75, 3.05) is 0 Å². The van der Waals surface area contributed by atoms with Gasteiger partial charge in [0.05, 0.1) is 11.1 Å². The second-order valence-corrected chi connectivity index (χ2v) is 3.48. The van der Waals surface area contributed by atoms with E-state index in [1.807, 2.05) is 30.2 Å². The van der Waals surface area contributed by atoms with Crippen LogP contribution in [0.5, 0.6) is 0 Å². The van der Waals surface area contributed by atoms with E-state index in [1.54, 1.807) is 0 Å². The molecule has 0 spiro atoms. The van der Waals surface area contributed by atoms with Crippen LogP contribution >= 0.6 is 11.5 Å². The summed E-state index contributed by atoms with van der Waals surface area (Å²) in [5, 5.41) is 4.17. The van der Waals surface area contributed by atoms with E-state index in [9.17, 15) is 0 Å². The average molecular weight is 179 g/mol. The Bertz CT molecular complexity index is 375. The molecule has 0 unspecified atom stereocenters. The molecule has 4 heteroatoms. The highest BCUT2D eigenvalue weighted by Gasteiger charge is 2.06. The lowest BCUT2D eigenvalue weighted by atomic mass is 10.2. The molecule has 0 aromatic carbocycles. The topological polar surface area (TPSA) is 30.7 Å². The van der Waals surface area contributed by atoms with Crippen LogP contribution < -0.4 is 0 Å². The van der Waals surface area contributed by atoms with Gasteiger partial charge < -0.3 is 0 Å². The highest BCUT2D eigenvalue weighted by molar-refractivity contribution is 7.09. The number of rotatable bonds is 1. The standard InChI is InChI=1S/C8H9N3S/c1-6-7(5-9-11(6)2)8-3-4-10-12-8/h3-5H,1-2H3. The summed E-state index contributed by atoms with van der Waals surface area (Å²) in [6, 6.07) is 2.01. The molecule has 0 amide bonds. The minimum atomic E-state index is 1.18. The van der Waals surface area contributed by atoms with Crippen molar-refractivity contribution in [3.8, 4) is 10.4 Å². The van der Waals surface area contributed by atoms with Crippen LogP contribution in [0.15, 0.2) is 18.5 Å². The van der Waals surface area contributed by atoms with Gasteiger partial charge in [0.1, 0.15) is 0 Å². The lowest BCUT2D eigenvalue weighted by Gasteiger charge is -1.94. The molecule has 0 aliphatic carbocycles. The Labute approximate surface area is 74.8 Å². The van der Waals surface area contributed by atoms with Crippen molar-refractivity contribution < 1.29 is 0 Å². The summed E-state index contributed by atoms with van der Waals surface area (Å²) in [4.78, 5) is 1.18. The first-order chi connectivity index (χ1) is 5.79. The molecule has 0 aliphatic rings. The Hall–Kier alpha value is -1.16. The maximum absolute atomic E-state index is 4.17. The quantitative estimate of drug-likeness (QED) is 0.669. The molecule has 3 nitrogen and oxygen atoms in total. The van der Waals surface area contributed by atoms with E-state index in [4.69, 9.17) is 0 Å². The fraction of sp³-hybridized carbons (Fsp3) is 0.250. The van der Waals surface area contributed by atoms with Crippen LogP contribution in [0.3, 0.4) is 0 Å². The third-order valence-electron chi connectivity index (χ3n) is 1.94. The fourth-order valence-electron chi connectivity index (χ4n) is 1.10. The van der Waals surface area contributed by atoms with Crippen molar-refractivity contribution in [2.45, 2.75) is 6.92 Å². The number of aromatic nitrogens is 3. The Morgan fingerprint density at radius 3 is 2.83 bits per heavy atom. The van der Waals surface area contributed by atoms with Gasteiger partial charge in [-0.1, -0.05) is 0 Å². The van der Waals surface area contributed by atoms with E-state index in [-0.39, 0.29) is 0 Å². The molecular weight excluding hydrogens is 170 g/mol. The maximum atomic E-state index is 4.17. The van der Waals surface area contributed by atoms with E-state index < -0.39 is 0 Å². The van der Waals surface area contributed by atoms with Crippen molar-refractivity contribution in [3.63, 3.8) is 0 Å². The smallest absolute Gasteiger partial charge is 0.0584 e. The first-order valence-corrected chi connectivity index (χ1v) is 4.46. The van der Waals surface area contributed by atoms with Gasteiger partial charge in [0.2, 0.25) is 0 Å². The lowest BCUT2D eigenvalue weighted by Crippen LogP contribution is -1.91. The highest BCUT2D eigenvalue weighted by atomic mass is 32.1. The zero-order valence-corrected chi connectivity index (χ0v) is 7.80.